The first-order valence-electron chi connectivity index (χ1n) is 8.29. The average Bonchev–Trinajstić information content (AvgIpc) is 3.03. The molecule has 0 saturated carbocycles. The number of aromatic nitrogens is 1. The SMILES string of the molecule is CCN(CC)c1ccc(C(=O)c2cc(C(=O)O)c3ccccn23)cc1. The zero-order chi connectivity index (χ0) is 18.0. The lowest BCUT2D eigenvalue weighted by Crippen LogP contribution is -2.21. The predicted octanol–water partition coefficient (Wildman–Crippen LogP) is 3.71. The zero-order valence-corrected chi connectivity index (χ0v) is 14.3. The average molecular weight is 336 g/mol. The Morgan fingerprint density at radius 1 is 1.04 bits per heavy atom. The third-order valence-corrected chi connectivity index (χ3v) is 4.40. The molecule has 0 aliphatic heterocycles. The molecule has 3 rings (SSSR count). The number of carbonyl (C=O) groups is 2. The molecule has 128 valence electrons. The Morgan fingerprint density at radius 2 is 1.72 bits per heavy atom. The monoisotopic (exact) mass is 336 g/mol. The van der Waals surface area contributed by atoms with Crippen LogP contribution in [0.5, 0.6) is 0 Å². The largest absolute Gasteiger partial charge is 0.478 e. The van der Waals surface area contributed by atoms with E-state index in [0.29, 0.717) is 16.8 Å². The molecule has 0 fully saturated rings. The van der Waals surface area contributed by atoms with Crippen LogP contribution in [0, 0.1) is 0 Å². The second-order valence-corrected chi connectivity index (χ2v) is 5.75. The van der Waals surface area contributed by atoms with Crippen molar-refractivity contribution in [3.05, 3.63) is 71.5 Å². The smallest absolute Gasteiger partial charge is 0.337 e. The second-order valence-electron chi connectivity index (χ2n) is 5.75. The molecule has 5 nitrogen and oxygen atoms in total. The van der Waals surface area contributed by atoms with Gasteiger partial charge in [0.2, 0.25) is 5.78 Å². The number of hydrogen-bond acceptors (Lipinski definition) is 3. The van der Waals surface area contributed by atoms with Gasteiger partial charge < -0.3 is 14.4 Å². The van der Waals surface area contributed by atoms with Gasteiger partial charge in [0.05, 0.1) is 16.8 Å². The van der Waals surface area contributed by atoms with Gasteiger partial charge in [-0.25, -0.2) is 4.79 Å². The summed E-state index contributed by atoms with van der Waals surface area (Å²) >= 11 is 0. The normalized spacial score (nSPS) is 10.8. The van der Waals surface area contributed by atoms with E-state index >= 15 is 0 Å². The minimum Gasteiger partial charge on any atom is -0.478 e. The molecule has 5 heteroatoms. The van der Waals surface area contributed by atoms with Gasteiger partial charge in [-0.05, 0) is 56.3 Å². The van der Waals surface area contributed by atoms with Gasteiger partial charge in [-0.1, -0.05) is 6.07 Å². The van der Waals surface area contributed by atoms with E-state index in [1.165, 1.54) is 6.07 Å². The van der Waals surface area contributed by atoms with Crippen LogP contribution in [0.4, 0.5) is 5.69 Å². The Hall–Kier alpha value is -3.08. The van der Waals surface area contributed by atoms with Crippen LogP contribution in [-0.4, -0.2) is 34.3 Å². The van der Waals surface area contributed by atoms with Gasteiger partial charge in [0, 0.05) is 30.5 Å². The summed E-state index contributed by atoms with van der Waals surface area (Å²) in [6.45, 7) is 5.97. The third-order valence-electron chi connectivity index (χ3n) is 4.40. The fraction of sp³-hybridized carbons (Fsp3) is 0.200. The van der Waals surface area contributed by atoms with E-state index in [1.54, 1.807) is 40.9 Å². The Morgan fingerprint density at radius 3 is 2.32 bits per heavy atom. The van der Waals surface area contributed by atoms with Crippen LogP contribution in [0.25, 0.3) is 5.52 Å². The third kappa shape index (κ3) is 3.01. The number of carbonyl (C=O) groups excluding carboxylic acids is 1. The van der Waals surface area contributed by atoms with E-state index in [2.05, 4.69) is 18.7 Å². The van der Waals surface area contributed by atoms with Crippen LogP contribution in [0.3, 0.4) is 0 Å². The molecule has 1 N–H and O–H groups in total. The van der Waals surface area contributed by atoms with Crippen molar-refractivity contribution in [3.8, 4) is 0 Å². The second kappa shape index (κ2) is 6.81. The topological polar surface area (TPSA) is 62.0 Å². The van der Waals surface area contributed by atoms with Crippen molar-refractivity contribution in [3.63, 3.8) is 0 Å². The van der Waals surface area contributed by atoms with E-state index < -0.39 is 5.97 Å². The summed E-state index contributed by atoms with van der Waals surface area (Å²) in [5.41, 5.74) is 2.59. The predicted molar refractivity (Wildman–Crippen MR) is 97.8 cm³/mol. The van der Waals surface area contributed by atoms with Gasteiger partial charge in [-0.2, -0.15) is 0 Å². The summed E-state index contributed by atoms with van der Waals surface area (Å²) < 4.78 is 1.63. The van der Waals surface area contributed by atoms with E-state index in [1.807, 2.05) is 12.1 Å². The lowest BCUT2D eigenvalue weighted by Gasteiger charge is -2.21. The number of anilines is 1. The number of ketones is 1. The summed E-state index contributed by atoms with van der Waals surface area (Å²) in [5, 5.41) is 9.37. The highest BCUT2D eigenvalue weighted by atomic mass is 16.4. The Kier molecular flexibility index (Phi) is 4.57. The molecule has 2 heterocycles. The summed E-state index contributed by atoms with van der Waals surface area (Å²) in [4.78, 5) is 26.5. The Bertz CT molecular complexity index is 922. The summed E-state index contributed by atoms with van der Waals surface area (Å²) in [5.74, 6) is -1.24. The first-order valence-corrected chi connectivity index (χ1v) is 8.29. The molecule has 0 aliphatic rings. The maximum Gasteiger partial charge on any atom is 0.337 e. The lowest BCUT2D eigenvalue weighted by atomic mass is 10.1. The number of fused-ring (bicyclic) bond motifs is 1. The first-order chi connectivity index (χ1) is 12.1. The maximum atomic E-state index is 12.9. The molecule has 1 aromatic carbocycles. The van der Waals surface area contributed by atoms with E-state index in [0.717, 1.165) is 18.8 Å². The van der Waals surface area contributed by atoms with Crippen molar-refractivity contribution in [2.24, 2.45) is 0 Å². The van der Waals surface area contributed by atoms with Crippen molar-refractivity contribution in [1.29, 1.82) is 0 Å². The molecule has 0 atom stereocenters. The standard InChI is InChI=1S/C20H20N2O3/c1-3-21(4-2)15-10-8-14(9-11-15)19(23)18-13-16(20(24)25)17-7-5-6-12-22(17)18/h5-13H,3-4H2,1-2H3,(H,24,25). The van der Waals surface area contributed by atoms with E-state index in [-0.39, 0.29) is 11.3 Å². The van der Waals surface area contributed by atoms with Crippen LogP contribution in [0.15, 0.2) is 54.7 Å². The molecule has 25 heavy (non-hydrogen) atoms. The van der Waals surface area contributed by atoms with Crippen LogP contribution >= 0.6 is 0 Å². The molecule has 0 spiro atoms. The first kappa shape index (κ1) is 16.8. The maximum absolute atomic E-state index is 12.9. The number of aromatic carboxylic acids is 1. The highest BCUT2D eigenvalue weighted by molar-refractivity contribution is 6.11. The number of nitrogens with zero attached hydrogens (tertiary/aromatic N) is 2. The molecular weight excluding hydrogens is 316 g/mol. The molecule has 3 aromatic rings. The van der Waals surface area contributed by atoms with Crippen molar-refractivity contribution in [2.45, 2.75) is 13.8 Å². The molecule has 0 radical (unpaired) electrons. The van der Waals surface area contributed by atoms with Gasteiger partial charge in [-0.3, -0.25) is 4.79 Å². The van der Waals surface area contributed by atoms with Gasteiger partial charge in [0.1, 0.15) is 0 Å². The van der Waals surface area contributed by atoms with E-state index in [9.17, 15) is 14.7 Å². The number of hydrogen-bond donors (Lipinski definition) is 1. The minimum absolute atomic E-state index is 0.128. The Balaban J connectivity index is 2.01. The van der Waals surface area contributed by atoms with Crippen LogP contribution in [0.2, 0.25) is 0 Å². The number of carboxylic acid groups (broad SMARTS) is 1. The minimum atomic E-state index is -1.04. The molecule has 0 unspecified atom stereocenters. The molecular formula is C20H20N2O3. The highest BCUT2D eigenvalue weighted by Crippen LogP contribution is 2.22. The van der Waals surface area contributed by atoms with Gasteiger partial charge in [0.25, 0.3) is 0 Å². The van der Waals surface area contributed by atoms with Gasteiger partial charge in [0.15, 0.2) is 0 Å². The summed E-state index contributed by atoms with van der Waals surface area (Å²) in [6.07, 6.45) is 1.71. The lowest BCUT2D eigenvalue weighted by molar-refractivity contribution is 0.0699. The fourth-order valence-corrected chi connectivity index (χ4v) is 3.06. The molecule has 0 aliphatic carbocycles. The van der Waals surface area contributed by atoms with Gasteiger partial charge >= 0.3 is 5.97 Å². The van der Waals surface area contributed by atoms with Gasteiger partial charge in [-0.15, -0.1) is 0 Å². The van der Waals surface area contributed by atoms with Crippen molar-refractivity contribution < 1.29 is 14.7 Å². The number of benzene rings is 1. The van der Waals surface area contributed by atoms with Crippen LogP contribution in [-0.2, 0) is 0 Å². The molecule has 2 aromatic heterocycles. The van der Waals surface area contributed by atoms with Crippen molar-refractivity contribution >= 4 is 23.0 Å². The van der Waals surface area contributed by atoms with Crippen molar-refractivity contribution in [2.75, 3.05) is 18.0 Å². The molecule has 0 saturated heterocycles. The number of carboxylic acids is 1. The quantitative estimate of drug-likeness (QED) is 0.697. The highest BCUT2D eigenvalue weighted by Gasteiger charge is 2.20. The zero-order valence-electron chi connectivity index (χ0n) is 14.3. The number of rotatable bonds is 6. The molecule has 0 amide bonds. The van der Waals surface area contributed by atoms with Crippen molar-refractivity contribution in [1.82, 2.24) is 4.40 Å². The molecule has 0 bridgehead atoms. The fourth-order valence-electron chi connectivity index (χ4n) is 3.06. The van der Waals surface area contributed by atoms with Crippen LogP contribution < -0.4 is 4.90 Å². The van der Waals surface area contributed by atoms with E-state index in [4.69, 9.17) is 0 Å². The Labute approximate surface area is 146 Å². The van der Waals surface area contributed by atoms with Crippen LogP contribution in [0.1, 0.15) is 40.3 Å². The summed E-state index contributed by atoms with van der Waals surface area (Å²) in [6, 6.07) is 14.1. The summed E-state index contributed by atoms with van der Waals surface area (Å²) in [7, 11) is 0. The number of pyridine rings is 1.